The van der Waals surface area contributed by atoms with Gasteiger partial charge in [0.2, 0.25) is 0 Å². The maximum atomic E-state index is 16.5. The number of hydrogen-bond donors (Lipinski definition) is 3. The third-order valence-corrected chi connectivity index (χ3v) is 8.21. The molecule has 0 spiro atoms. The van der Waals surface area contributed by atoms with E-state index in [4.69, 9.17) is 27.9 Å². The minimum absolute atomic E-state index is 0.00949. The molecule has 1 saturated carbocycles. The molecule has 3 N–H and O–H groups in total. The number of rotatable bonds is 8. The van der Waals surface area contributed by atoms with E-state index in [0.717, 1.165) is 0 Å². The largest absolute Gasteiger partial charge is 0.387 e. The van der Waals surface area contributed by atoms with E-state index >= 15 is 4.39 Å². The fraction of sp³-hybridized carbons (Fsp3) is 0.300. The number of pyridine rings is 1. The third kappa shape index (κ3) is 4.81. The van der Waals surface area contributed by atoms with Gasteiger partial charge in [-0.15, -0.1) is 0 Å². The quantitative estimate of drug-likeness (QED) is 0.257. The Bertz CT molecular complexity index is 1640. The van der Waals surface area contributed by atoms with Gasteiger partial charge in [-0.3, -0.25) is 14.7 Å². The zero-order valence-corrected chi connectivity index (χ0v) is 23.8. The molecule has 0 saturated heterocycles. The van der Waals surface area contributed by atoms with Crippen LogP contribution >= 0.6 is 23.2 Å². The average molecular weight is 597 g/mol. The number of nitrogens with one attached hydrogen (secondary N) is 1. The van der Waals surface area contributed by atoms with Crippen LogP contribution in [0.4, 0.5) is 4.39 Å². The van der Waals surface area contributed by atoms with E-state index in [1.54, 1.807) is 49.5 Å². The molecule has 2 aromatic carbocycles. The van der Waals surface area contributed by atoms with Crippen LogP contribution in [-0.4, -0.2) is 48.2 Å². The maximum Gasteiger partial charge on any atom is 0.257 e. The summed E-state index contributed by atoms with van der Waals surface area (Å²) in [6.07, 6.45) is 4.14. The van der Waals surface area contributed by atoms with Crippen molar-refractivity contribution < 1.29 is 24.1 Å². The van der Waals surface area contributed by atoms with E-state index in [9.17, 15) is 15.0 Å². The second-order valence-corrected chi connectivity index (χ2v) is 11.7. The van der Waals surface area contributed by atoms with Gasteiger partial charge in [-0.05, 0) is 68.7 Å². The van der Waals surface area contributed by atoms with Crippen LogP contribution in [-0.2, 0) is 22.6 Å². The van der Waals surface area contributed by atoms with E-state index < -0.39 is 28.7 Å². The van der Waals surface area contributed by atoms with Crippen LogP contribution in [0.1, 0.15) is 64.0 Å². The van der Waals surface area contributed by atoms with Gasteiger partial charge in [0, 0.05) is 23.0 Å². The van der Waals surface area contributed by atoms with E-state index in [2.05, 4.69) is 15.0 Å². The van der Waals surface area contributed by atoms with Crippen LogP contribution < -0.4 is 0 Å². The van der Waals surface area contributed by atoms with Gasteiger partial charge in [0.05, 0.1) is 46.3 Å². The van der Waals surface area contributed by atoms with Gasteiger partial charge in [-0.2, -0.15) is 0 Å². The van der Waals surface area contributed by atoms with Gasteiger partial charge in [0.1, 0.15) is 17.2 Å². The molecule has 1 fully saturated rings. The van der Waals surface area contributed by atoms with Crippen LogP contribution in [0.2, 0.25) is 10.0 Å². The number of imidazole rings is 1. The zero-order valence-electron chi connectivity index (χ0n) is 22.3. The van der Waals surface area contributed by atoms with Crippen molar-refractivity contribution in [2.24, 2.45) is 0 Å². The molecular weight excluding hydrogens is 570 g/mol. The summed E-state index contributed by atoms with van der Waals surface area (Å²) in [5, 5.41) is 23.1. The van der Waals surface area contributed by atoms with Gasteiger partial charge in [0.15, 0.2) is 5.72 Å². The molecule has 212 valence electrons. The van der Waals surface area contributed by atoms with Crippen LogP contribution in [0.15, 0.2) is 60.9 Å². The van der Waals surface area contributed by atoms with Crippen molar-refractivity contribution in [1.29, 1.82) is 0 Å². The van der Waals surface area contributed by atoms with Gasteiger partial charge in [-0.1, -0.05) is 35.3 Å². The molecule has 2 aliphatic rings. The fourth-order valence-corrected chi connectivity index (χ4v) is 5.44. The number of H-pyrrole nitrogens is 1. The molecular formula is C30H27Cl2FN4O4. The van der Waals surface area contributed by atoms with E-state index in [-0.39, 0.29) is 35.7 Å². The lowest BCUT2D eigenvalue weighted by molar-refractivity contribution is -0.139. The lowest BCUT2D eigenvalue weighted by Crippen LogP contribution is -2.48. The Morgan fingerprint density at radius 3 is 2.46 bits per heavy atom. The van der Waals surface area contributed by atoms with Gasteiger partial charge in [-0.25, -0.2) is 9.37 Å². The number of ether oxygens (including phenoxy) is 1. The molecule has 1 aliphatic carbocycles. The number of carbonyl (C=O) groups excluding carboxylic acids is 1. The summed E-state index contributed by atoms with van der Waals surface area (Å²) in [7, 11) is 0. The highest BCUT2D eigenvalue weighted by Crippen LogP contribution is 2.50. The Balaban J connectivity index is 1.56. The zero-order chi connectivity index (χ0) is 29.2. The third-order valence-electron chi connectivity index (χ3n) is 7.74. The minimum atomic E-state index is -1.77. The number of nitrogens with zero attached hydrogens (tertiary/aromatic N) is 3. The summed E-state index contributed by atoms with van der Waals surface area (Å²) < 4.78 is 23.0. The molecule has 1 aliphatic heterocycles. The number of fused-ring (bicyclic) bond motifs is 1. The SMILES string of the molecule is Cc1c[nH]c(C(C)(O)c2cc(F)c3c(c2)C(=O)N(Cc2ccc(Cl)cn2)[C@@]3(OCC2(O)CC2)c2ccc(Cl)cc2)n1. The molecule has 2 aromatic heterocycles. The Kier molecular flexibility index (Phi) is 6.71. The number of hydrogen-bond acceptors (Lipinski definition) is 6. The lowest BCUT2D eigenvalue weighted by Gasteiger charge is -2.40. The molecule has 4 aromatic rings. The minimum Gasteiger partial charge on any atom is -0.387 e. The molecule has 1 unspecified atom stereocenters. The van der Waals surface area contributed by atoms with Crippen molar-refractivity contribution in [3.8, 4) is 0 Å². The van der Waals surface area contributed by atoms with Crippen molar-refractivity contribution in [3.05, 3.63) is 116 Å². The Morgan fingerprint density at radius 2 is 1.85 bits per heavy atom. The molecule has 0 bridgehead atoms. The summed E-state index contributed by atoms with van der Waals surface area (Å²) in [5.41, 5.74) is -2.90. The number of aromatic nitrogens is 3. The first-order valence-corrected chi connectivity index (χ1v) is 13.8. The summed E-state index contributed by atoms with van der Waals surface area (Å²) >= 11 is 12.2. The Labute approximate surface area is 245 Å². The monoisotopic (exact) mass is 596 g/mol. The topological polar surface area (TPSA) is 112 Å². The van der Waals surface area contributed by atoms with Crippen molar-refractivity contribution in [2.75, 3.05) is 6.61 Å². The predicted molar refractivity (Wildman–Crippen MR) is 150 cm³/mol. The number of aryl methyl sites for hydroxylation is 1. The summed E-state index contributed by atoms with van der Waals surface area (Å²) in [4.78, 5) is 27.3. The number of carbonyl (C=O) groups is 1. The molecule has 0 radical (unpaired) electrons. The molecule has 1 amide bonds. The number of aliphatic hydroxyl groups is 2. The molecule has 2 atom stereocenters. The van der Waals surface area contributed by atoms with Gasteiger partial charge in [0.25, 0.3) is 5.91 Å². The molecule has 3 heterocycles. The highest BCUT2D eigenvalue weighted by atomic mass is 35.5. The fourth-order valence-electron chi connectivity index (χ4n) is 5.21. The first-order valence-electron chi connectivity index (χ1n) is 13.1. The normalized spacial score (nSPS) is 20.7. The molecule has 8 nitrogen and oxygen atoms in total. The maximum absolute atomic E-state index is 16.5. The highest BCUT2D eigenvalue weighted by molar-refractivity contribution is 6.30. The van der Waals surface area contributed by atoms with Crippen molar-refractivity contribution in [2.45, 2.75) is 50.2 Å². The van der Waals surface area contributed by atoms with Crippen LogP contribution in [0.5, 0.6) is 0 Å². The predicted octanol–water partition coefficient (Wildman–Crippen LogP) is 5.21. The van der Waals surface area contributed by atoms with Crippen LogP contribution in [0, 0.1) is 12.7 Å². The number of aromatic amines is 1. The van der Waals surface area contributed by atoms with Crippen LogP contribution in [0.3, 0.4) is 0 Å². The Morgan fingerprint density at radius 1 is 1.15 bits per heavy atom. The summed E-state index contributed by atoms with van der Waals surface area (Å²) in [6, 6.07) is 12.6. The molecule has 41 heavy (non-hydrogen) atoms. The lowest BCUT2D eigenvalue weighted by atomic mass is 9.87. The first kappa shape index (κ1) is 27.8. The van der Waals surface area contributed by atoms with E-state index in [1.165, 1.54) is 30.2 Å². The van der Waals surface area contributed by atoms with Crippen molar-refractivity contribution in [1.82, 2.24) is 19.9 Å². The van der Waals surface area contributed by atoms with Gasteiger partial charge >= 0.3 is 0 Å². The van der Waals surface area contributed by atoms with Gasteiger partial charge < -0.3 is 19.9 Å². The molecule has 11 heteroatoms. The van der Waals surface area contributed by atoms with Crippen molar-refractivity contribution >= 4 is 29.1 Å². The number of amides is 1. The number of halogens is 3. The second kappa shape index (κ2) is 9.89. The average Bonchev–Trinajstić information content (AvgIpc) is 3.42. The van der Waals surface area contributed by atoms with E-state index in [0.29, 0.717) is 39.8 Å². The van der Waals surface area contributed by atoms with E-state index in [1.807, 2.05) is 0 Å². The smallest absolute Gasteiger partial charge is 0.257 e. The Hall–Kier alpha value is -3.34. The second-order valence-electron chi connectivity index (χ2n) is 10.9. The van der Waals surface area contributed by atoms with Crippen LogP contribution in [0.25, 0.3) is 0 Å². The summed E-state index contributed by atoms with van der Waals surface area (Å²) in [5.74, 6) is -1.10. The summed E-state index contributed by atoms with van der Waals surface area (Å²) in [6.45, 7) is 3.04. The number of benzene rings is 2. The standard InChI is InChI=1S/C30H27Cl2FN4O4/c1-17-13-35-27(36-17)28(2,39)19-11-23-25(24(33)12-19)30(41-16-29(40)9-10-29,18-3-5-20(31)6-4-18)37(26(23)38)15-22-8-7-21(32)14-34-22/h3-8,11-14,39-40H,9-10,15-16H2,1-2H3,(H,35,36)/t28?,30-/m1/s1. The molecule has 6 rings (SSSR count). The highest BCUT2D eigenvalue weighted by Gasteiger charge is 2.56. The first-order chi connectivity index (χ1) is 19.4. The van der Waals surface area contributed by atoms with Crippen molar-refractivity contribution in [3.63, 3.8) is 0 Å².